The van der Waals surface area contributed by atoms with E-state index in [4.69, 9.17) is 4.74 Å². The van der Waals surface area contributed by atoms with Crippen molar-refractivity contribution in [1.82, 2.24) is 18.4 Å². The normalized spacial score (nSPS) is 14.8. The lowest BCUT2D eigenvalue weighted by Gasteiger charge is -2.28. The molecule has 6 rings (SSSR count). The second-order valence-electron chi connectivity index (χ2n) is 11.5. The Morgan fingerprint density at radius 2 is 1.67 bits per heavy atom. The summed E-state index contributed by atoms with van der Waals surface area (Å²) in [4.78, 5) is 22.4. The average Bonchev–Trinajstić information content (AvgIpc) is 3.40. The fraction of sp³-hybridized carbons (Fsp3) is 0.273. The van der Waals surface area contributed by atoms with Crippen LogP contribution in [0.3, 0.4) is 0 Å². The summed E-state index contributed by atoms with van der Waals surface area (Å²) in [5, 5.41) is 0.559. The molecular weight excluding hydrogens is 600 g/mol. The van der Waals surface area contributed by atoms with Crippen LogP contribution in [0.2, 0.25) is 0 Å². The first-order chi connectivity index (χ1) is 21.5. The average molecular weight is 634 g/mol. The molecule has 234 valence electrons. The van der Waals surface area contributed by atoms with E-state index in [-0.39, 0.29) is 10.5 Å². The Balaban J connectivity index is 1.50. The quantitative estimate of drug-likeness (QED) is 0.245. The molecule has 1 aliphatic rings. The first-order valence-corrected chi connectivity index (χ1v) is 15.9. The van der Waals surface area contributed by atoms with Crippen LogP contribution in [-0.2, 0) is 14.8 Å². The fourth-order valence-electron chi connectivity index (χ4n) is 5.68. The standard InChI is InChI=1S/C33H33F2N5O4S/c1-22-4-6-28(7-5-22)45(42,43)40-20-30(29-18-27(19-36-33(29)40)38-10-12-44-13-11-38)23-8-9-39(32(41)16-23)31(21-37(2)3)24-14-25(34)17-26(35)15-24/h4-9,14-20,31H,10-13,21H2,1-3H3. The lowest BCUT2D eigenvalue weighted by Crippen LogP contribution is -2.36. The number of aromatic nitrogens is 3. The van der Waals surface area contributed by atoms with E-state index in [1.165, 1.54) is 29.0 Å². The highest BCUT2D eigenvalue weighted by Crippen LogP contribution is 2.34. The Labute approximate surface area is 260 Å². The molecule has 2 aromatic carbocycles. The monoisotopic (exact) mass is 633 g/mol. The number of halogens is 2. The van der Waals surface area contributed by atoms with Crippen molar-refractivity contribution in [3.05, 3.63) is 112 Å². The summed E-state index contributed by atoms with van der Waals surface area (Å²) in [5.74, 6) is -1.46. The highest BCUT2D eigenvalue weighted by Gasteiger charge is 2.25. The van der Waals surface area contributed by atoms with Gasteiger partial charge in [-0.2, -0.15) is 0 Å². The smallest absolute Gasteiger partial charge is 0.269 e. The van der Waals surface area contributed by atoms with Crippen molar-refractivity contribution < 1.29 is 21.9 Å². The molecule has 5 aromatic rings. The largest absolute Gasteiger partial charge is 0.378 e. The molecular formula is C33H33F2N5O4S. The number of anilines is 1. The maximum Gasteiger partial charge on any atom is 0.269 e. The van der Waals surface area contributed by atoms with Crippen molar-refractivity contribution in [2.24, 2.45) is 0 Å². The lowest BCUT2D eigenvalue weighted by atomic mass is 10.0. The molecule has 1 aliphatic heterocycles. The van der Waals surface area contributed by atoms with Gasteiger partial charge in [-0.1, -0.05) is 17.7 Å². The molecule has 0 radical (unpaired) electrons. The van der Waals surface area contributed by atoms with Gasteiger partial charge >= 0.3 is 0 Å². The van der Waals surface area contributed by atoms with Crippen LogP contribution in [0.25, 0.3) is 22.2 Å². The van der Waals surface area contributed by atoms with Crippen LogP contribution in [-0.4, -0.2) is 73.8 Å². The number of morpholine rings is 1. The van der Waals surface area contributed by atoms with Crippen molar-refractivity contribution >= 4 is 26.7 Å². The van der Waals surface area contributed by atoms with E-state index < -0.39 is 33.3 Å². The van der Waals surface area contributed by atoms with Crippen molar-refractivity contribution in [3.63, 3.8) is 0 Å². The van der Waals surface area contributed by atoms with Gasteiger partial charge in [0.1, 0.15) is 11.6 Å². The molecule has 1 fully saturated rings. The lowest BCUT2D eigenvalue weighted by molar-refractivity contribution is 0.122. The van der Waals surface area contributed by atoms with Gasteiger partial charge in [0.05, 0.1) is 36.0 Å². The summed E-state index contributed by atoms with van der Waals surface area (Å²) >= 11 is 0. The Morgan fingerprint density at radius 1 is 0.978 bits per heavy atom. The van der Waals surface area contributed by atoms with E-state index in [1.54, 1.807) is 42.7 Å². The van der Waals surface area contributed by atoms with Gasteiger partial charge in [-0.25, -0.2) is 26.2 Å². The van der Waals surface area contributed by atoms with Crippen LogP contribution in [0.15, 0.2) is 88.9 Å². The number of fused-ring (bicyclic) bond motifs is 1. The third-order valence-corrected chi connectivity index (χ3v) is 9.62. The summed E-state index contributed by atoms with van der Waals surface area (Å²) in [6.07, 6.45) is 4.72. The molecule has 0 spiro atoms. The number of ether oxygens (including phenoxy) is 1. The number of benzene rings is 2. The molecule has 1 saturated heterocycles. The molecule has 0 N–H and O–H groups in total. The second kappa shape index (κ2) is 12.2. The van der Waals surface area contributed by atoms with Gasteiger partial charge in [0, 0.05) is 55.1 Å². The van der Waals surface area contributed by atoms with E-state index in [1.807, 2.05) is 32.0 Å². The first-order valence-electron chi connectivity index (χ1n) is 14.5. The molecule has 9 nitrogen and oxygen atoms in total. The van der Waals surface area contributed by atoms with Gasteiger partial charge in [0.25, 0.3) is 15.6 Å². The summed E-state index contributed by atoms with van der Waals surface area (Å²) in [6, 6.07) is 14.1. The maximum absolute atomic E-state index is 14.2. The molecule has 0 aliphatic carbocycles. The van der Waals surface area contributed by atoms with Crippen LogP contribution >= 0.6 is 0 Å². The van der Waals surface area contributed by atoms with Crippen LogP contribution in [0.5, 0.6) is 0 Å². The van der Waals surface area contributed by atoms with E-state index in [0.29, 0.717) is 54.9 Å². The molecule has 0 saturated carbocycles. The molecule has 0 bridgehead atoms. The van der Waals surface area contributed by atoms with Crippen molar-refractivity contribution in [1.29, 1.82) is 0 Å². The highest BCUT2D eigenvalue weighted by atomic mass is 32.2. The minimum absolute atomic E-state index is 0.111. The molecule has 3 aromatic heterocycles. The van der Waals surface area contributed by atoms with Crippen LogP contribution in [0.4, 0.5) is 14.5 Å². The zero-order valence-electron chi connectivity index (χ0n) is 25.2. The second-order valence-corrected chi connectivity index (χ2v) is 13.3. The minimum Gasteiger partial charge on any atom is -0.378 e. The van der Waals surface area contributed by atoms with Gasteiger partial charge in [0.2, 0.25) is 0 Å². The predicted octanol–water partition coefficient (Wildman–Crippen LogP) is 4.68. The number of aryl methyl sites for hydroxylation is 1. The molecule has 1 atom stereocenters. The highest BCUT2D eigenvalue weighted by molar-refractivity contribution is 7.90. The molecule has 0 amide bonds. The first kappa shape index (κ1) is 30.6. The van der Waals surface area contributed by atoms with Gasteiger partial charge in [-0.15, -0.1) is 0 Å². The van der Waals surface area contributed by atoms with E-state index in [2.05, 4.69) is 9.88 Å². The van der Waals surface area contributed by atoms with E-state index in [0.717, 1.165) is 21.3 Å². The Kier molecular flexibility index (Phi) is 8.29. The number of likely N-dealkylation sites (N-methyl/N-ethyl adjacent to an activating group) is 1. The third-order valence-electron chi connectivity index (χ3n) is 7.95. The number of rotatable bonds is 8. The third kappa shape index (κ3) is 6.13. The Bertz CT molecular complexity index is 2010. The summed E-state index contributed by atoms with van der Waals surface area (Å²) in [5.41, 5.74) is 2.86. The van der Waals surface area contributed by atoms with Crippen LogP contribution in [0.1, 0.15) is 17.2 Å². The Morgan fingerprint density at radius 3 is 2.31 bits per heavy atom. The molecule has 45 heavy (non-hydrogen) atoms. The number of hydrogen-bond acceptors (Lipinski definition) is 7. The summed E-state index contributed by atoms with van der Waals surface area (Å²) < 4.78 is 64.2. The van der Waals surface area contributed by atoms with Crippen LogP contribution in [0, 0.1) is 18.6 Å². The summed E-state index contributed by atoms with van der Waals surface area (Å²) in [6.45, 7) is 4.64. The molecule has 1 unspecified atom stereocenters. The van der Waals surface area contributed by atoms with Gasteiger partial charge < -0.3 is 19.1 Å². The van der Waals surface area contributed by atoms with E-state index >= 15 is 0 Å². The van der Waals surface area contributed by atoms with E-state index in [9.17, 15) is 22.0 Å². The number of nitrogens with zero attached hydrogens (tertiary/aromatic N) is 5. The van der Waals surface area contributed by atoms with Crippen molar-refractivity contribution in [2.45, 2.75) is 17.9 Å². The zero-order chi connectivity index (χ0) is 31.9. The molecule has 4 heterocycles. The Hall–Kier alpha value is -4.39. The number of pyridine rings is 2. The van der Waals surface area contributed by atoms with Gasteiger partial charge in [-0.05, 0) is 68.5 Å². The van der Waals surface area contributed by atoms with Crippen molar-refractivity contribution in [3.8, 4) is 11.1 Å². The fourth-order valence-corrected chi connectivity index (χ4v) is 7.01. The van der Waals surface area contributed by atoms with Gasteiger partial charge in [-0.3, -0.25) is 4.79 Å². The van der Waals surface area contributed by atoms with Gasteiger partial charge in [0.15, 0.2) is 5.65 Å². The number of hydrogen-bond donors (Lipinski definition) is 0. The van der Waals surface area contributed by atoms with Crippen LogP contribution < -0.4 is 10.5 Å². The molecule has 12 heteroatoms. The maximum atomic E-state index is 14.2. The topological polar surface area (TPSA) is 89.7 Å². The summed E-state index contributed by atoms with van der Waals surface area (Å²) in [7, 11) is -0.416. The predicted molar refractivity (Wildman–Crippen MR) is 169 cm³/mol. The zero-order valence-corrected chi connectivity index (χ0v) is 26.0. The minimum atomic E-state index is -4.04. The van der Waals surface area contributed by atoms with Crippen molar-refractivity contribution in [2.75, 3.05) is 51.8 Å². The SMILES string of the molecule is Cc1ccc(S(=O)(=O)n2cc(-c3ccn(C(CN(C)C)c4cc(F)cc(F)c4)c(=O)c3)c3cc(N4CCOCC4)cnc32)cc1.